The van der Waals surface area contributed by atoms with E-state index < -0.39 is 28.1 Å². The summed E-state index contributed by atoms with van der Waals surface area (Å²) >= 11 is 0. The fraction of sp³-hybridized carbons (Fsp3) is 0.300. The van der Waals surface area contributed by atoms with Crippen molar-refractivity contribution in [3.8, 4) is 23.7 Å². The molecule has 0 fully saturated rings. The van der Waals surface area contributed by atoms with Gasteiger partial charge in [-0.25, -0.2) is 13.1 Å². The summed E-state index contributed by atoms with van der Waals surface area (Å²) in [6, 6.07) is 5.93. The van der Waals surface area contributed by atoms with Gasteiger partial charge in [0.05, 0.1) is 17.7 Å². The van der Waals surface area contributed by atoms with Gasteiger partial charge < -0.3 is 19.7 Å². The monoisotopic (exact) mass is 428 g/mol. The summed E-state index contributed by atoms with van der Waals surface area (Å²) in [7, 11) is -2.54. The van der Waals surface area contributed by atoms with Gasteiger partial charge >= 0.3 is 0 Å². The number of nitrogens with zero attached hydrogens (tertiary/aromatic N) is 2. The summed E-state index contributed by atoms with van der Waals surface area (Å²) in [6.45, 7) is 3.09. The fourth-order valence-corrected chi connectivity index (χ4v) is 4.47. The number of rotatable bonds is 3. The van der Waals surface area contributed by atoms with Crippen LogP contribution in [0, 0.1) is 30.1 Å². The second-order valence-corrected chi connectivity index (χ2v) is 8.44. The summed E-state index contributed by atoms with van der Waals surface area (Å²) in [5, 5.41) is 21.9. The highest BCUT2D eigenvalue weighted by Crippen LogP contribution is 2.33. The maximum absolute atomic E-state index is 12.9. The molecule has 3 N–H and O–H groups in total. The third kappa shape index (κ3) is 4.02. The molecule has 2 heterocycles. The summed E-state index contributed by atoms with van der Waals surface area (Å²) in [5.41, 5.74) is 1.56. The normalized spacial score (nSPS) is 17.9. The Morgan fingerprint density at radius 3 is 2.87 bits per heavy atom. The number of benzene rings is 1. The Morgan fingerprint density at radius 2 is 2.20 bits per heavy atom. The smallest absolute Gasteiger partial charge is 0.276 e. The van der Waals surface area contributed by atoms with E-state index >= 15 is 0 Å². The Hall–Kier alpha value is -3.31. The predicted octanol–water partition coefficient (Wildman–Crippen LogP) is 0.881. The molecule has 0 saturated heterocycles. The molecule has 0 unspecified atom stereocenters. The van der Waals surface area contributed by atoms with Crippen LogP contribution in [0.25, 0.3) is 0 Å². The number of nitriles is 1. The average Bonchev–Trinajstić information content (AvgIpc) is 2.97. The molecule has 0 spiro atoms. The highest BCUT2D eigenvalue weighted by molar-refractivity contribution is 7.89. The molecule has 2 aromatic rings. The van der Waals surface area contributed by atoms with Crippen LogP contribution in [-0.2, 0) is 17.1 Å². The third-order valence-corrected chi connectivity index (χ3v) is 6.09. The predicted molar refractivity (Wildman–Crippen MR) is 108 cm³/mol. The van der Waals surface area contributed by atoms with Crippen molar-refractivity contribution in [3.05, 3.63) is 41.2 Å². The van der Waals surface area contributed by atoms with Crippen molar-refractivity contribution in [2.75, 3.05) is 11.9 Å². The molecule has 30 heavy (non-hydrogen) atoms. The van der Waals surface area contributed by atoms with E-state index in [-0.39, 0.29) is 22.9 Å². The zero-order valence-electron chi connectivity index (χ0n) is 16.6. The molecule has 2 atom stereocenters. The summed E-state index contributed by atoms with van der Waals surface area (Å²) in [4.78, 5) is 12.7. The topological polar surface area (TPSA) is 133 Å². The highest BCUT2D eigenvalue weighted by Gasteiger charge is 2.36. The fourth-order valence-electron chi connectivity index (χ4n) is 3.05. The van der Waals surface area contributed by atoms with E-state index in [0.29, 0.717) is 11.3 Å². The lowest BCUT2D eigenvalue weighted by molar-refractivity contribution is 0.101. The largest absolute Gasteiger partial charge is 0.488 e. The Morgan fingerprint density at radius 1 is 1.47 bits per heavy atom. The molecule has 1 aliphatic rings. The molecule has 1 amide bonds. The van der Waals surface area contributed by atoms with Crippen molar-refractivity contribution in [2.24, 2.45) is 7.05 Å². The van der Waals surface area contributed by atoms with Crippen LogP contribution in [0.15, 0.2) is 29.3 Å². The van der Waals surface area contributed by atoms with Crippen LogP contribution in [0.5, 0.6) is 5.75 Å². The second-order valence-electron chi connectivity index (χ2n) is 6.76. The minimum atomic E-state index is -4.06. The van der Waals surface area contributed by atoms with Crippen molar-refractivity contribution < 1.29 is 23.1 Å². The number of sulfonamides is 1. The standard InChI is InChI=1S/C20H20N4O5S/c1-4-5-16(25)15-11-29-19-17(30(27,28)23-15)10-24(3)18(19)20(26)22-14-7-6-12(2)13(8-14)9-21/h6-8,10,15-16,23,25H,11H2,1-3H3,(H,22,26)/t15-,16+/m0/s1. The van der Waals surface area contributed by atoms with Crippen LogP contribution in [0.1, 0.15) is 28.5 Å². The van der Waals surface area contributed by atoms with Crippen LogP contribution in [0.3, 0.4) is 0 Å². The lowest BCUT2D eigenvalue weighted by Crippen LogP contribution is -2.45. The van der Waals surface area contributed by atoms with E-state index in [1.165, 1.54) is 30.8 Å². The number of anilines is 1. The van der Waals surface area contributed by atoms with E-state index in [1.807, 2.05) is 6.07 Å². The number of aliphatic hydroxyl groups is 1. The molecular weight excluding hydrogens is 408 g/mol. The van der Waals surface area contributed by atoms with Gasteiger partial charge in [0.25, 0.3) is 5.91 Å². The SMILES string of the molecule is CC#C[C@@H](O)[C@@H]1COc2c(cn(C)c2C(=O)Nc2ccc(C)c(C#N)c2)S(=O)(=O)N1. The van der Waals surface area contributed by atoms with Crippen LogP contribution in [-0.4, -0.2) is 42.8 Å². The first-order valence-electron chi connectivity index (χ1n) is 8.94. The minimum Gasteiger partial charge on any atom is -0.488 e. The van der Waals surface area contributed by atoms with Crippen LogP contribution in [0.2, 0.25) is 0 Å². The van der Waals surface area contributed by atoms with Crippen molar-refractivity contribution in [1.29, 1.82) is 5.26 Å². The van der Waals surface area contributed by atoms with E-state index in [4.69, 9.17) is 10.00 Å². The summed E-state index contributed by atoms with van der Waals surface area (Å²) < 4.78 is 34.8. The first kappa shape index (κ1) is 21.4. The van der Waals surface area contributed by atoms with E-state index in [1.54, 1.807) is 19.1 Å². The lowest BCUT2D eigenvalue weighted by Gasteiger charge is -2.17. The molecular formula is C20H20N4O5S. The van der Waals surface area contributed by atoms with Crippen LogP contribution >= 0.6 is 0 Å². The van der Waals surface area contributed by atoms with Gasteiger partial charge in [0, 0.05) is 18.9 Å². The van der Waals surface area contributed by atoms with Gasteiger partial charge in [0.1, 0.15) is 17.6 Å². The van der Waals surface area contributed by atoms with Crippen LogP contribution < -0.4 is 14.8 Å². The Kier molecular flexibility index (Phi) is 5.85. The molecule has 0 saturated carbocycles. The van der Waals surface area contributed by atoms with E-state index in [0.717, 1.165) is 5.56 Å². The maximum Gasteiger partial charge on any atom is 0.276 e. The number of aryl methyl sites for hydroxylation is 2. The number of hydrogen-bond acceptors (Lipinski definition) is 6. The number of hydrogen-bond donors (Lipinski definition) is 3. The molecule has 1 aliphatic heterocycles. The molecule has 1 aromatic carbocycles. The number of aromatic nitrogens is 1. The number of carbonyl (C=O) groups is 1. The lowest BCUT2D eigenvalue weighted by atomic mass is 10.1. The number of aliphatic hydroxyl groups excluding tert-OH is 1. The zero-order chi connectivity index (χ0) is 22.1. The minimum absolute atomic E-state index is 0.00817. The number of carbonyl (C=O) groups excluding carboxylic acids is 1. The van der Waals surface area contributed by atoms with Gasteiger partial charge in [-0.05, 0) is 31.5 Å². The van der Waals surface area contributed by atoms with Gasteiger partial charge in [-0.3, -0.25) is 4.79 Å². The first-order chi connectivity index (χ1) is 14.2. The Bertz CT molecular complexity index is 1210. The molecule has 3 rings (SSSR count). The molecule has 1 aromatic heterocycles. The Balaban J connectivity index is 1.96. The molecule has 9 nitrogen and oxygen atoms in total. The van der Waals surface area contributed by atoms with Crippen molar-refractivity contribution >= 4 is 21.6 Å². The quantitative estimate of drug-likeness (QED) is 0.622. The van der Waals surface area contributed by atoms with Gasteiger partial charge in [-0.1, -0.05) is 12.0 Å². The summed E-state index contributed by atoms with van der Waals surface area (Å²) in [6.07, 6.45) is -0.000324. The number of ether oxygens (including phenoxy) is 1. The van der Waals surface area contributed by atoms with Crippen molar-refractivity contribution in [3.63, 3.8) is 0 Å². The van der Waals surface area contributed by atoms with Crippen LogP contribution in [0.4, 0.5) is 5.69 Å². The zero-order valence-corrected chi connectivity index (χ0v) is 17.4. The highest BCUT2D eigenvalue weighted by atomic mass is 32.2. The Labute approximate surface area is 174 Å². The molecule has 156 valence electrons. The molecule has 0 aliphatic carbocycles. The summed E-state index contributed by atoms with van der Waals surface area (Å²) in [5.74, 6) is 4.29. The van der Waals surface area contributed by atoms with Crippen molar-refractivity contribution in [1.82, 2.24) is 9.29 Å². The molecule has 10 heteroatoms. The van der Waals surface area contributed by atoms with Gasteiger partial charge in [0.2, 0.25) is 10.0 Å². The average molecular weight is 428 g/mol. The van der Waals surface area contributed by atoms with Gasteiger partial charge in [-0.15, -0.1) is 5.92 Å². The van der Waals surface area contributed by atoms with E-state index in [9.17, 15) is 18.3 Å². The molecule has 0 radical (unpaired) electrons. The molecule has 0 bridgehead atoms. The second kappa shape index (κ2) is 8.20. The van der Waals surface area contributed by atoms with Crippen molar-refractivity contribution in [2.45, 2.75) is 30.9 Å². The number of nitrogens with one attached hydrogen (secondary N) is 2. The van der Waals surface area contributed by atoms with E-state index in [2.05, 4.69) is 21.9 Å². The first-order valence-corrected chi connectivity index (χ1v) is 10.4. The van der Waals surface area contributed by atoms with Gasteiger partial charge in [-0.2, -0.15) is 5.26 Å². The number of amides is 1. The maximum atomic E-state index is 12.9. The number of fused-ring (bicyclic) bond motifs is 1. The third-order valence-electron chi connectivity index (χ3n) is 4.61. The van der Waals surface area contributed by atoms with Gasteiger partial charge in [0.15, 0.2) is 11.4 Å².